The van der Waals surface area contributed by atoms with Crippen LogP contribution in [-0.2, 0) is 19.3 Å². The van der Waals surface area contributed by atoms with Crippen molar-refractivity contribution in [3.05, 3.63) is 29.8 Å². The maximum atomic E-state index is 12.6. The largest absolute Gasteiger partial charge is 0.471 e. The van der Waals surface area contributed by atoms with E-state index in [9.17, 15) is 26.4 Å². The van der Waals surface area contributed by atoms with Crippen molar-refractivity contribution in [2.45, 2.75) is 18.7 Å². The van der Waals surface area contributed by atoms with Crippen LogP contribution in [0.3, 0.4) is 0 Å². The van der Waals surface area contributed by atoms with E-state index in [4.69, 9.17) is 5.14 Å². The Morgan fingerprint density at radius 1 is 1.33 bits per heavy atom. The van der Waals surface area contributed by atoms with Gasteiger partial charge in [0, 0.05) is 17.8 Å². The predicted octanol–water partition coefficient (Wildman–Crippen LogP) is 1.25. The second kappa shape index (κ2) is 5.28. The smallest absolute Gasteiger partial charge is 0.304 e. The third-order valence-electron chi connectivity index (χ3n) is 2.93. The number of rotatable bonds is 2. The first kappa shape index (κ1) is 15.7. The number of para-hydroxylation sites is 1. The number of carbonyl (C=O) groups excluding carboxylic acids is 1. The van der Waals surface area contributed by atoms with Crippen LogP contribution in [0, 0.1) is 0 Å². The lowest BCUT2D eigenvalue weighted by atomic mass is 9.99. The maximum absolute atomic E-state index is 12.6. The number of hydrogen-bond donors (Lipinski definition) is 1. The number of carbonyl (C=O) groups is 1. The molecular formula is C11H11F3N2O4S. The minimum atomic E-state index is -5.01. The summed E-state index contributed by atoms with van der Waals surface area (Å²) in [6.45, 7) is -0.324. The molecule has 1 aromatic carbocycles. The van der Waals surface area contributed by atoms with Crippen LogP contribution in [0.5, 0.6) is 0 Å². The molecule has 0 fully saturated rings. The lowest BCUT2D eigenvalue weighted by Gasteiger charge is -2.33. The Labute approximate surface area is 118 Å². The average molecular weight is 324 g/mol. The molecule has 0 saturated heterocycles. The van der Waals surface area contributed by atoms with Crippen molar-refractivity contribution in [3.63, 3.8) is 0 Å². The van der Waals surface area contributed by atoms with Gasteiger partial charge in [-0.15, -0.1) is 0 Å². The van der Waals surface area contributed by atoms with E-state index in [1.807, 2.05) is 0 Å². The van der Waals surface area contributed by atoms with Crippen LogP contribution in [0.15, 0.2) is 24.3 Å². The van der Waals surface area contributed by atoms with Crippen LogP contribution in [0.4, 0.5) is 18.9 Å². The first-order chi connectivity index (χ1) is 9.59. The standard InChI is InChI=1S/C11H11F3N2O4S/c12-11(13,14)10(17)16-6-5-9(20-21(15,18)19)7-3-1-2-4-8(7)16/h1-4,9H,5-6H2,(H2,15,18,19). The summed E-state index contributed by atoms with van der Waals surface area (Å²) in [5.41, 5.74) is 0.120. The van der Waals surface area contributed by atoms with Crippen LogP contribution < -0.4 is 10.0 Å². The molecule has 116 valence electrons. The van der Waals surface area contributed by atoms with Crippen molar-refractivity contribution in [2.75, 3.05) is 11.4 Å². The fourth-order valence-electron chi connectivity index (χ4n) is 2.15. The van der Waals surface area contributed by atoms with Gasteiger partial charge in [-0.25, -0.2) is 9.32 Å². The highest BCUT2D eigenvalue weighted by molar-refractivity contribution is 7.84. The molecule has 0 spiro atoms. The van der Waals surface area contributed by atoms with E-state index in [0.29, 0.717) is 4.90 Å². The number of fused-ring (bicyclic) bond motifs is 1. The van der Waals surface area contributed by atoms with Gasteiger partial charge < -0.3 is 4.90 Å². The highest BCUT2D eigenvalue weighted by Gasteiger charge is 2.45. The zero-order valence-electron chi connectivity index (χ0n) is 10.5. The van der Waals surface area contributed by atoms with Gasteiger partial charge in [0.25, 0.3) is 0 Å². The quantitative estimate of drug-likeness (QED) is 0.886. The number of nitrogens with zero attached hydrogens (tertiary/aromatic N) is 1. The second-order valence-electron chi connectivity index (χ2n) is 4.38. The van der Waals surface area contributed by atoms with E-state index in [1.54, 1.807) is 0 Å². The van der Waals surface area contributed by atoms with Gasteiger partial charge >= 0.3 is 22.4 Å². The number of amides is 1. The number of nitrogens with two attached hydrogens (primary N) is 1. The summed E-state index contributed by atoms with van der Waals surface area (Å²) in [6, 6.07) is 5.62. The van der Waals surface area contributed by atoms with Crippen LogP contribution in [0.25, 0.3) is 0 Å². The van der Waals surface area contributed by atoms with Gasteiger partial charge in [0.15, 0.2) is 0 Å². The lowest BCUT2D eigenvalue weighted by Crippen LogP contribution is -2.45. The Balaban J connectivity index is 2.39. The fraction of sp³-hybridized carbons (Fsp3) is 0.364. The predicted molar refractivity (Wildman–Crippen MR) is 66.4 cm³/mol. The molecule has 0 radical (unpaired) electrons. The molecule has 2 N–H and O–H groups in total. The molecule has 2 rings (SSSR count). The summed E-state index contributed by atoms with van der Waals surface area (Å²) in [6.07, 6.45) is -6.15. The summed E-state index contributed by atoms with van der Waals surface area (Å²) < 4.78 is 64.3. The molecule has 0 bridgehead atoms. The molecule has 1 aromatic rings. The van der Waals surface area contributed by atoms with Gasteiger partial charge in [-0.05, 0) is 12.5 Å². The minimum absolute atomic E-state index is 0.0419. The van der Waals surface area contributed by atoms with Crippen molar-refractivity contribution >= 4 is 21.9 Å². The van der Waals surface area contributed by atoms with Crippen LogP contribution in [0.1, 0.15) is 18.1 Å². The molecule has 0 aromatic heterocycles. The molecule has 1 aliphatic heterocycles. The Hall–Kier alpha value is -1.65. The first-order valence-corrected chi connectivity index (χ1v) is 7.25. The number of benzene rings is 1. The molecule has 1 atom stereocenters. The summed E-state index contributed by atoms with van der Waals surface area (Å²) in [5.74, 6) is -2.01. The van der Waals surface area contributed by atoms with Crippen molar-refractivity contribution in [1.29, 1.82) is 0 Å². The number of hydrogen-bond acceptors (Lipinski definition) is 4. The summed E-state index contributed by atoms with van der Waals surface area (Å²) in [7, 11) is -4.26. The number of halogens is 3. The SMILES string of the molecule is NS(=O)(=O)OC1CCN(C(=O)C(F)(F)F)c2ccccc21. The van der Waals surface area contributed by atoms with E-state index in [1.165, 1.54) is 24.3 Å². The molecule has 1 heterocycles. The van der Waals surface area contributed by atoms with E-state index in [-0.39, 0.29) is 24.2 Å². The topological polar surface area (TPSA) is 89.7 Å². The van der Waals surface area contributed by atoms with Crippen LogP contribution >= 0.6 is 0 Å². The molecule has 1 unspecified atom stereocenters. The van der Waals surface area contributed by atoms with Gasteiger partial charge in [-0.1, -0.05) is 18.2 Å². The molecular weight excluding hydrogens is 313 g/mol. The summed E-state index contributed by atoms with van der Waals surface area (Å²) in [5, 5.41) is 4.78. The average Bonchev–Trinajstić information content (AvgIpc) is 2.35. The second-order valence-corrected chi connectivity index (χ2v) is 5.56. The third-order valence-corrected chi connectivity index (χ3v) is 3.43. The number of anilines is 1. The lowest BCUT2D eigenvalue weighted by molar-refractivity contribution is -0.170. The molecule has 21 heavy (non-hydrogen) atoms. The van der Waals surface area contributed by atoms with E-state index >= 15 is 0 Å². The highest BCUT2D eigenvalue weighted by atomic mass is 32.2. The Morgan fingerprint density at radius 3 is 2.52 bits per heavy atom. The van der Waals surface area contributed by atoms with Gasteiger partial charge in [-0.3, -0.25) is 4.79 Å². The molecule has 1 aliphatic rings. The maximum Gasteiger partial charge on any atom is 0.471 e. The summed E-state index contributed by atoms with van der Waals surface area (Å²) >= 11 is 0. The molecule has 6 nitrogen and oxygen atoms in total. The van der Waals surface area contributed by atoms with Gasteiger partial charge in [0.1, 0.15) is 6.10 Å². The Bertz CT molecular complexity index is 660. The highest BCUT2D eigenvalue weighted by Crippen LogP contribution is 2.38. The zero-order chi connectivity index (χ0) is 15.8. The molecule has 0 saturated carbocycles. The van der Waals surface area contributed by atoms with Gasteiger partial charge in [-0.2, -0.15) is 21.6 Å². The van der Waals surface area contributed by atoms with E-state index in [2.05, 4.69) is 4.18 Å². The van der Waals surface area contributed by atoms with Crippen molar-refractivity contribution in [2.24, 2.45) is 5.14 Å². The monoisotopic (exact) mass is 324 g/mol. The minimum Gasteiger partial charge on any atom is -0.304 e. The molecule has 0 aliphatic carbocycles. The van der Waals surface area contributed by atoms with Gasteiger partial charge in [0.05, 0.1) is 0 Å². The van der Waals surface area contributed by atoms with E-state index in [0.717, 1.165) is 0 Å². The Morgan fingerprint density at radius 2 is 1.95 bits per heavy atom. The van der Waals surface area contributed by atoms with Crippen molar-refractivity contribution < 1.29 is 30.6 Å². The van der Waals surface area contributed by atoms with E-state index < -0.39 is 28.5 Å². The zero-order valence-corrected chi connectivity index (χ0v) is 11.3. The Kier molecular flexibility index (Phi) is 3.95. The molecule has 10 heteroatoms. The van der Waals surface area contributed by atoms with Crippen LogP contribution in [-0.4, -0.2) is 27.0 Å². The molecule has 1 amide bonds. The normalized spacial score (nSPS) is 19.2. The number of alkyl halides is 3. The third kappa shape index (κ3) is 3.52. The van der Waals surface area contributed by atoms with Crippen molar-refractivity contribution in [3.8, 4) is 0 Å². The first-order valence-electron chi connectivity index (χ1n) is 5.78. The van der Waals surface area contributed by atoms with Crippen LogP contribution in [0.2, 0.25) is 0 Å². The fourth-order valence-corrected chi connectivity index (χ4v) is 2.68. The van der Waals surface area contributed by atoms with Gasteiger partial charge in [0.2, 0.25) is 0 Å². The summed E-state index contributed by atoms with van der Waals surface area (Å²) in [4.78, 5) is 11.9. The van der Waals surface area contributed by atoms with Crippen molar-refractivity contribution in [1.82, 2.24) is 0 Å².